The highest BCUT2D eigenvalue weighted by Crippen LogP contribution is 2.32. The zero-order valence-corrected chi connectivity index (χ0v) is 11.3. The number of aliphatic hydroxyl groups is 1. The van der Waals surface area contributed by atoms with Crippen molar-refractivity contribution in [3.63, 3.8) is 0 Å². The molecule has 4 nitrogen and oxygen atoms in total. The fourth-order valence-electron chi connectivity index (χ4n) is 1.89. The van der Waals surface area contributed by atoms with Gasteiger partial charge in [-0.2, -0.15) is 0 Å². The van der Waals surface area contributed by atoms with E-state index < -0.39 is 6.10 Å². The molecule has 0 heterocycles. The molecule has 19 heavy (non-hydrogen) atoms. The summed E-state index contributed by atoms with van der Waals surface area (Å²) < 4.78 is 5.49. The molecule has 1 fully saturated rings. The summed E-state index contributed by atoms with van der Waals surface area (Å²) in [6.45, 7) is 3.00. The molecule has 1 amide bonds. The van der Waals surface area contributed by atoms with Crippen LogP contribution < -0.4 is 10.1 Å². The lowest BCUT2D eigenvalue weighted by molar-refractivity contribution is 0.0900. The van der Waals surface area contributed by atoms with E-state index in [9.17, 15) is 9.90 Å². The van der Waals surface area contributed by atoms with Crippen LogP contribution in [0.3, 0.4) is 0 Å². The molecule has 0 aromatic heterocycles. The first-order chi connectivity index (χ1) is 9.20. The summed E-state index contributed by atoms with van der Waals surface area (Å²) in [6.07, 6.45) is 2.65. The van der Waals surface area contributed by atoms with Gasteiger partial charge in [0.1, 0.15) is 5.75 Å². The van der Waals surface area contributed by atoms with Gasteiger partial charge in [0.15, 0.2) is 0 Å². The van der Waals surface area contributed by atoms with Crippen molar-refractivity contribution in [2.45, 2.75) is 32.3 Å². The molecule has 1 unspecified atom stereocenters. The van der Waals surface area contributed by atoms with Gasteiger partial charge in [-0.25, -0.2) is 0 Å². The lowest BCUT2D eigenvalue weighted by Gasteiger charge is -2.11. The van der Waals surface area contributed by atoms with Crippen molar-refractivity contribution in [2.75, 3.05) is 13.2 Å². The van der Waals surface area contributed by atoms with E-state index in [0.29, 0.717) is 30.4 Å². The number of benzene rings is 1. The number of hydrogen-bond donors (Lipinski definition) is 2. The van der Waals surface area contributed by atoms with E-state index in [0.717, 1.165) is 19.3 Å². The Hall–Kier alpha value is -1.55. The molecule has 1 aromatic carbocycles. The van der Waals surface area contributed by atoms with Crippen molar-refractivity contribution < 1.29 is 14.6 Å². The van der Waals surface area contributed by atoms with Gasteiger partial charge in [-0.3, -0.25) is 4.79 Å². The van der Waals surface area contributed by atoms with Crippen LogP contribution in [0.1, 0.15) is 36.5 Å². The Kier molecular flexibility index (Phi) is 4.80. The van der Waals surface area contributed by atoms with Gasteiger partial charge in [0.05, 0.1) is 12.7 Å². The van der Waals surface area contributed by atoms with Crippen LogP contribution in [0, 0.1) is 5.92 Å². The minimum absolute atomic E-state index is 0.165. The van der Waals surface area contributed by atoms with Gasteiger partial charge in [-0.05, 0) is 43.4 Å². The molecule has 4 heteroatoms. The molecule has 2 N–H and O–H groups in total. The zero-order valence-electron chi connectivity index (χ0n) is 11.3. The minimum Gasteiger partial charge on any atom is -0.494 e. The quantitative estimate of drug-likeness (QED) is 0.791. The summed E-state index contributed by atoms with van der Waals surface area (Å²) in [6, 6.07) is 7.12. The van der Waals surface area contributed by atoms with Crippen LogP contribution in [0.4, 0.5) is 0 Å². The highest BCUT2D eigenvalue weighted by molar-refractivity contribution is 5.94. The summed E-state index contributed by atoms with van der Waals surface area (Å²) in [7, 11) is 0. The van der Waals surface area contributed by atoms with E-state index in [1.807, 2.05) is 13.0 Å². The highest BCUT2D eigenvalue weighted by Gasteiger charge is 2.29. The minimum atomic E-state index is -0.413. The number of aliphatic hydroxyl groups excluding tert-OH is 1. The van der Waals surface area contributed by atoms with Crippen molar-refractivity contribution >= 4 is 5.91 Å². The molecular formula is C15H21NO3. The maximum Gasteiger partial charge on any atom is 0.251 e. The average molecular weight is 263 g/mol. The Morgan fingerprint density at radius 3 is 3.00 bits per heavy atom. The Labute approximate surface area is 113 Å². The van der Waals surface area contributed by atoms with E-state index in [2.05, 4.69) is 5.32 Å². The predicted octanol–water partition coefficient (Wildman–Crippen LogP) is 1.98. The molecule has 2 rings (SSSR count). The average Bonchev–Trinajstić information content (AvgIpc) is 3.27. The number of hydrogen-bond acceptors (Lipinski definition) is 3. The molecule has 1 atom stereocenters. The van der Waals surface area contributed by atoms with Crippen LogP contribution in [-0.4, -0.2) is 30.3 Å². The summed E-state index contributed by atoms with van der Waals surface area (Å²) in [5.41, 5.74) is 0.566. The van der Waals surface area contributed by atoms with Crippen LogP contribution in [-0.2, 0) is 0 Å². The van der Waals surface area contributed by atoms with Crippen molar-refractivity contribution in [3.8, 4) is 5.75 Å². The summed E-state index contributed by atoms with van der Waals surface area (Å²) in [5.74, 6) is 0.915. The molecule has 1 saturated carbocycles. The summed E-state index contributed by atoms with van der Waals surface area (Å²) >= 11 is 0. The molecule has 0 bridgehead atoms. The first kappa shape index (κ1) is 13.9. The van der Waals surface area contributed by atoms with Gasteiger partial charge < -0.3 is 15.2 Å². The van der Waals surface area contributed by atoms with Gasteiger partial charge in [0, 0.05) is 12.1 Å². The maximum atomic E-state index is 11.9. The van der Waals surface area contributed by atoms with E-state index >= 15 is 0 Å². The first-order valence-corrected chi connectivity index (χ1v) is 6.90. The highest BCUT2D eigenvalue weighted by atomic mass is 16.5. The third-order valence-corrected chi connectivity index (χ3v) is 3.21. The van der Waals surface area contributed by atoms with Gasteiger partial charge in [0.25, 0.3) is 5.91 Å². The van der Waals surface area contributed by atoms with Gasteiger partial charge in [-0.15, -0.1) is 0 Å². The second-order valence-electron chi connectivity index (χ2n) is 4.99. The lowest BCUT2D eigenvalue weighted by Crippen LogP contribution is -2.33. The fraction of sp³-hybridized carbons (Fsp3) is 0.533. The third kappa shape index (κ3) is 4.24. The number of ether oxygens (including phenoxy) is 1. The van der Waals surface area contributed by atoms with E-state index in [4.69, 9.17) is 4.74 Å². The van der Waals surface area contributed by atoms with Gasteiger partial charge in [-0.1, -0.05) is 13.0 Å². The van der Waals surface area contributed by atoms with Crippen LogP contribution in [0.5, 0.6) is 5.75 Å². The fourth-order valence-corrected chi connectivity index (χ4v) is 1.89. The van der Waals surface area contributed by atoms with E-state index in [1.165, 1.54) is 0 Å². The maximum absolute atomic E-state index is 11.9. The molecule has 0 spiro atoms. The van der Waals surface area contributed by atoms with Crippen molar-refractivity contribution in [1.29, 1.82) is 0 Å². The second kappa shape index (κ2) is 6.57. The van der Waals surface area contributed by atoms with Crippen LogP contribution >= 0.6 is 0 Å². The summed E-state index contributed by atoms with van der Waals surface area (Å²) in [5, 5.41) is 12.5. The lowest BCUT2D eigenvalue weighted by atomic mass is 10.2. The number of rotatable bonds is 7. The Balaban J connectivity index is 1.86. The topological polar surface area (TPSA) is 58.6 Å². The first-order valence-electron chi connectivity index (χ1n) is 6.90. The number of amides is 1. The molecule has 1 aliphatic rings. The molecule has 104 valence electrons. The Morgan fingerprint density at radius 1 is 1.53 bits per heavy atom. The second-order valence-corrected chi connectivity index (χ2v) is 4.99. The normalized spacial score (nSPS) is 15.9. The predicted molar refractivity (Wildman–Crippen MR) is 73.3 cm³/mol. The molecule has 0 saturated heterocycles. The monoisotopic (exact) mass is 263 g/mol. The van der Waals surface area contributed by atoms with Gasteiger partial charge in [0.2, 0.25) is 0 Å². The van der Waals surface area contributed by atoms with Crippen molar-refractivity contribution in [2.24, 2.45) is 5.92 Å². The van der Waals surface area contributed by atoms with Crippen LogP contribution in [0.2, 0.25) is 0 Å². The molecule has 0 aliphatic heterocycles. The zero-order chi connectivity index (χ0) is 13.7. The van der Waals surface area contributed by atoms with E-state index in [-0.39, 0.29) is 5.91 Å². The third-order valence-electron chi connectivity index (χ3n) is 3.21. The van der Waals surface area contributed by atoms with Crippen molar-refractivity contribution in [3.05, 3.63) is 29.8 Å². The van der Waals surface area contributed by atoms with Crippen LogP contribution in [0.15, 0.2) is 24.3 Å². The van der Waals surface area contributed by atoms with E-state index in [1.54, 1.807) is 18.2 Å². The number of carbonyl (C=O) groups is 1. The molecule has 1 aliphatic carbocycles. The van der Waals surface area contributed by atoms with Crippen LogP contribution in [0.25, 0.3) is 0 Å². The number of carbonyl (C=O) groups excluding carboxylic acids is 1. The smallest absolute Gasteiger partial charge is 0.251 e. The standard InChI is InChI=1S/C15H21NO3/c1-2-8-19-13-5-3-4-12(9-13)15(18)16-10-14(17)11-6-7-11/h3-5,9,11,14,17H,2,6-8,10H2,1H3,(H,16,18). The largest absolute Gasteiger partial charge is 0.494 e. The van der Waals surface area contributed by atoms with Crippen molar-refractivity contribution in [1.82, 2.24) is 5.32 Å². The molecule has 0 radical (unpaired) electrons. The molecular weight excluding hydrogens is 242 g/mol. The van der Waals surface area contributed by atoms with Gasteiger partial charge >= 0.3 is 0 Å². The Morgan fingerprint density at radius 2 is 2.32 bits per heavy atom. The SMILES string of the molecule is CCCOc1cccc(C(=O)NCC(O)C2CC2)c1. The molecule has 1 aromatic rings. The Bertz CT molecular complexity index is 429. The number of nitrogens with one attached hydrogen (secondary N) is 1. The summed E-state index contributed by atoms with van der Waals surface area (Å²) in [4.78, 5) is 11.9.